The Balaban J connectivity index is 1.81. The topological polar surface area (TPSA) is 25.2 Å². The fourth-order valence-electron chi connectivity index (χ4n) is 2.72. The first kappa shape index (κ1) is 10.7. The second-order valence-electron chi connectivity index (χ2n) is 4.56. The first-order valence-electron chi connectivity index (χ1n) is 6.10. The minimum absolute atomic E-state index is 0.730. The van der Waals surface area contributed by atoms with E-state index in [1.807, 2.05) is 6.07 Å². The molecular formula is C13H21NO. The first-order chi connectivity index (χ1) is 7.40. The second kappa shape index (κ2) is 5.36. The highest BCUT2D eigenvalue weighted by molar-refractivity contribution is 4.98. The van der Waals surface area contributed by atoms with Gasteiger partial charge in [0.15, 0.2) is 0 Å². The maximum Gasteiger partial charge on any atom is 0.103 e. The lowest BCUT2D eigenvalue weighted by Crippen LogP contribution is -2.36. The van der Waals surface area contributed by atoms with Gasteiger partial charge in [-0.15, -0.1) is 0 Å². The van der Waals surface area contributed by atoms with E-state index < -0.39 is 0 Å². The van der Waals surface area contributed by atoms with Gasteiger partial charge in [-0.3, -0.25) is 0 Å². The molecule has 2 heteroatoms. The summed E-state index contributed by atoms with van der Waals surface area (Å²) >= 11 is 0. The van der Waals surface area contributed by atoms with Crippen molar-refractivity contribution in [1.29, 1.82) is 0 Å². The Labute approximate surface area is 92.1 Å². The molecule has 0 spiro atoms. The fourth-order valence-corrected chi connectivity index (χ4v) is 2.72. The van der Waals surface area contributed by atoms with Crippen molar-refractivity contribution in [3.8, 4) is 0 Å². The van der Waals surface area contributed by atoms with Gasteiger partial charge >= 0.3 is 0 Å². The zero-order valence-electron chi connectivity index (χ0n) is 9.54. The molecule has 2 nitrogen and oxygen atoms in total. The Bertz CT molecular complexity index is 268. The third-order valence-corrected chi connectivity index (χ3v) is 3.62. The smallest absolute Gasteiger partial charge is 0.103 e. The summed E-state index contributed by atoms with van der Waals surface area (Å²) in [6.07, 6.45) is 9.65. The Kier molecular flexibility index (Phi) is 3.84. The van der Waals surface area contributed by atoms with Gasteiger partial charge in [0.05, 0.1) is 6.26 Å². The molecule has 1 N–H and O–H groups in total. The van der Waals surface area contributed by atoms with E-state index in [1.165, 1.54) is 32.1 Å². The molecule has 1 aromatic heterocycles. The van der Waals surface area contributed by atoms with E-state index in [-0.39, 0.29) is 0 Å². The van der Waals surface area contributed by atoms with Gasteiger partial charge in [-0.25, -0.2) is 0 Å². The molecule has 1 aliphatic carbocycles. The van der Waals surface area contributed by atoms with E-state index in [0.717, 1.165) is 24.1 Å². The van der Waals surface area contributed by atoms with Gasteiger partial charge in [0.25, 0.3) is 0 Å². The summed E-state index contributed by atoms with van der Waals surface area (Å²) in [7, 11) is 2.09. The zero-order chi connectivity index (χ0) is 10.5. The summed E-state index contributed by atoms with van der Waals surface area (Å²) in [6.45, 7) is 0. The third kappa shape index (κ3) is 2.85. The van der Waals surface area contributed by atoms with Crippen LogP contribution in [0.25, 0.3) is 0 Å². The minimum atomic E-state index is 0.730. The maximum absolute atomic E-state index is 5.37. The van der Waals surface area contributed by atoms with Crippen LogP contribution in [0, 0.1) is 5.92 Å². The van der Waals surface area contributed by atoms with Crippen LogP contribution in [-0.4, -0.2) is 13.1 Å². The molecule has 1 saturated carbocycles. The summed E-state index contributed by atoms with van der Waals surface area (Å²) in [4.78, 5) is 0. The Hall–Kier alpha value is -0.760. The normalized spacial score (nSPS) is 26.7. The van der Waals surface area contributed by atoms with E-state index in [0.29, 0.717) is 0 Å². The first-order valence-corrected chi connectivity index (χ1v) is 6.10. The number of hydrogen-bond acceptors (Lipinski definition) is 2. The zero-order valence-corrected chi connectivity index (χ0v) is 9.54. The monoisotopic (exact) mass is 207 g/mol. The predicted molar refractivity (Wildman–Crippen MR) is 61.8 cm³/mol. The average molecular weight is 207 g/mol. The lowest BCUT2D eigenvalue weighted by atomic mass is 9.81. The summed E-state index contributed by atoms with van der Waals surface area (Å²) in [5.74, 6) is 1.98. The molecule has 0 aliphatic heterocycles. The molecule has 0 amide bonds. The molecule has 1 heterocycles. The van der Waals surface area contributed by atoms with Crippen molar-refractivity contribution in [2.24, 2.45) is 5.92 Å². The molecule has 2 unspecified atom stereocenters. The molecule has 0 radical (unpaired) electrons. The van der Waals surface area contributed by atoms with Crippen molar-refractivity contribution in [3.05, 3.63) is 24.2 Å². The molecule has 1 fully saturated rings. The van der Waals surface area contributed by atoms with E-state index in [1.54, 1.807) is 6.26 Å². The molecule has 15 heavy (non-hydrogen) atoms. The van der Waals surface area contributed by atoms with Crippen LogP contribution in [0.5, 0.6) is 0 Å². The number of nitrogens with one attached hydrogen (secondary N) is 1. The molecule has 2 rings (SSSR count). The lowest BCUT2D eigenvalue weighted by Gasteiger charge is -2.31. The maximum atomic E-state index is 5.37. The Morgan fingerprint density at radius 1 is 1.40 bits per heavy atom. The van der Waals surface area contributed by atoms with Gasteiger partial charge in [-0.05, 0) is 44.4 Å². The quantitative estimate of drug-likeness (QED) is 0.821. The largest absolute Gasteiger partial charge is 0.469 e. The molecular weight excluding hydrogens is 186 g/mol. The summed E-state index contributed by atoms with van der Waals surface area (Å²) in [6, 6.07) is 4.79. The van der Waals surface area contributed by atoms with Gasteiger partial charge in [-0.1, -0.05) is 12.8 Å². The summed E-state index contributed by atoms with van der Waals surface area (Å²) in [5, 5.41) is 3.45. The highest BCUT2D eigenvalue weighted by Crippen LogP contribution is 2.28. The molecule has 0 saturated heterocycles. The third-order valence-electron chi connectivity index (χ3n) is 3.62. The molecule has 0 bridgehead atoms. The van der Waals surface area contributed by atoms with E-state index in [2.05, 4.69) is 18.4 Å². The number of aryl methyl sites for hydroxylation is 1. The molecule has 0 aromatic carbocycles. The molecule has 2 atom stereocenters. The highest BCUT2D eigenvalue weighted by Gasteiger charge is 2.23. The van der Waals surface area contributed by atoms with Gasteiger partial charge in [0, 0.05) is 12.5 Å². The van der Waals surface area contributed by atoms with Crippen LogP contribution in [0.1, 0.15) is 37.9 Å². The molecule has 84 valence electrons. The fraction of sp³-hybridized carbons (Fsp3) is 0.692. The number of furan rings is 1. The minimum Gasteiger partial charge on any atom is -0.469 e. The highest BCUT2D eigenvalue weighted by atomic mass is 16.3. The Morgan fingerprint density at radius 2 is 2.27 bits per heavy atom. The van der Waals surface area contributed by atoms with Gasteiger partial charge in [0.2, 0.25) is 0 Å². The van der Waals surface area contributed by atoms with Crippen LogP contribution in [0.15, 0.2) is 22.8 Å². The van der Waals surface area contributed by atoms with Crippen molar-refractivity contribution in [2.45, 2.75) is 44.6 Å². The van der Waals surface area contributed by atoms with Gasteiger partial charge in [0.1, 0.15) is 5.76 Å². The summed E-state index contributed by atoms with van der Waals surface area (Å²) < 4.78 is 5.37. The SMILES string of the molecule is CNC1CCCCC1CCc1ccco1. The Morgan fingerprint density at radius 3 is 3.00 bits per heavy atom. The van der Waals surface area contributed by atoms with Crippen molar-refractivity contribution in [2.75, 3.05) is 7.05 Å². The lowest BCUT2D eigenvalue weighted by molar-refractivity contribution is 0.256. The van der Waals surface area contributed by atoms with Crippen molar-refractivity contribution >= 4 is 0 Å². The molecule has 1 aliphatic rings. The molecule has 1 aromatic rings. The predicted octanol–water partition coefficient (Wildman–Crippen LogP) is 2.99. The number of rotatable bonds is 4. The standard InChI is InChI=1S/C13H21NO/c1-14-13-7-3-2-5-11(13)8-9-12-6-4-10-15-12/h4,6,10-11,13-14H,2-3,5,7-9H2,1H3. The van der Waals surface area contributed by atoms with Crippen LogP contribution in [0.4, 0.5) is 0 Å². The van der Waals surface area contributed by atoms with Crippen molar-refractivity contribution < 1.29 is 4.42 Å². The van der Waals surface area contributed by atoms with Crippen LogP contribution in [0.2, 0.25) is 0 Å². The van der Waals surface area contributed by atoms with E-state index >= 15 is 0 Å². The average Bonchev–Trinajstić information content (AvgIpc) is 2.79. The van der Waals surface area contributed by atoms with Crippen LogP contribution < -0.4 is 5.32 Å². The van der Waals surface area contributed by atoms with E-state index in [4.69, 9.17) is 4.42 Å². The summed E-state index contributed by atoms with van der Waals surface area (Å²) in [5.41, 5.74) is 0. The van der Waals surface area contributed by atoms with Crippen LogP contribution >= 0.6 is 0 Å². The van der Waals surface area contributed by atoms with Gasteiger partial charge < -0.3 is 9.73 Å². The van der Waals surface area contributed by atoms with Crippen LogP contribution in [-0.2, 0) is 6.42 Å². The van der Waals surface area contributed by atoms with Crippen molar-refractivity contribution in [1.82, 2.24) is 5.32 Å². The number of hydrogen-bond donors (Lipinski definition) is 1. The van der Waals surface area contributed by atoms with Crippen molar-refractivity contribution in [3.63, 3.8) is 0 Å². The van der Waals surface area contributed by atoms with Gasteiger partial charge in [-0.2, -0.15) is 0 Å². The van der Waals surface area contributed by atoms with E-state index in [9.17, 15) is 0 Å². The second-order valence-corrected chi connectivity index (χ2v) is 4.56. The van der Waals surface area contributed by atoms with Crippen LogP contribution in [0.3, 0.4) is 0 Å².